The zero-order chi connectivity index (χ0) is 13.8. The second kappa shape index (κ2) is 6.12. The molecule has 2 aromatic rings. The van der Waals surface area contributed by atoms with E-state index in [-0.39, 0.29) is 0 Å². The lowest BCUT2D eigenvalue weighted by atomic mass is 10.1. The molecule has 0 saturated heterocycles. The van der Waals surface area contributed by atoms with Crippen LogP contribution in [0.15, 0.2) is 47.2 Å². The number of thiocarbonyl (C=S) groups is 1. The van der Waals surface area contributed by atoms with Crippen LogP contribution in [0.4, 0.5) is 5.69 Å². The van der Waals surface area contributed by atoms with Crippen molar-refractivity contribution in [3.8, 4) is 0 Å². The van der Waals surface area contributed by atoms with Gasteiger partial charge in [-0.1, -0.05) is 18.3 Å². The molecule has 0 amide bonds. The first-order chi connectivity index (χ1) is 9.09. The summed E-state index contributed by atoms with van der Waals surface area (Å²) < 4.78 is 0.916. The molecule has 0 unspecified atom stereocenters. The molecule has 0 saturated carbocycles. The van der Waals surface area contributed by atoms with Crippen molar-refractivity contribution >= 4 is 38.8 Å². The van der Waals surface area contributed by atoms with Crippen LogP contribution in [0.5, 0.6) is 0 Å². The summed E-state index contributed by atoms with van der Waals surface area (Å²) in [7, 11) is 2.02. The largest absolute Gasteiger partial charge is 0.389 e. The zero-order valence-electron chi connectivity index (χ0n) is 10.5. The van der Waals surface area contributed by atoms with Crippen molar-refractivity contribution in [3.63, 3.8) is 0 Å². The fraction of sp³-hybridized carbons (Fsp3) is 0.143. The smallest absolute Gasteiger partial charge is 0.107 e. The van der Waals surface area contributed by atoms with Crippen LogP contribution in [0.2, 0.25) is 0 Å². The lowest BCUT2D eigenvalue weighted by Crippen LogP contribution is -2.22. The van der Waals surface area contributed by atoms with Gasteiger partial charge in [-0.25, -0.2) is 0 Å². The minimum atomic E-state index is 0.393. The highest BCUT2D eigenvalue weighted by molar-refractivity contribution is 9.10. The van der Waals surface area contributed by atoms with E-state index in [9.17, 15) is 0 Å². The third-order valence-electron chi connectivity index (χ3n) is 2.82. The summed E-state index contributed by atoms with van der Waals surface area (Å²) in [4.78, 5) is 6.53. The van der Waals surface area contributed by atoms with Crippen LogP contribution in [-0.2, 0) is 6.54 Å². The third-order valence-corrected chi connectivity index (χ3v) is 3.68. The average Bonchev–Trinajstić information content (AvgIpc) is 2.39. The molecule has 0 aliphatic rings. The molecule has 2 rings (SSSR count). The van der Waals surface area contributed by atoms with Crippen LogP contribution in [0.25, 0.3) is 0 Å². The molecule has 19 heavy (non-hydrogen) atoms. The summed E-state index contributed by atoms with van der Waals surface area (Å²) in [5.41, 5.74) is 8.88. The minimum absolute atomic E-state index is 0.393. The Morgan fingerprint density at radius 2 is 2.00 bits per heavy atom. The molecule has 0 fully saturated rings. The standard InChI is InChI=1S/C14H14BrN3S/c1-18(9-10-5-7-17-8-6-10)12-4-2-3-11(15)13(12)14(16)19/h2-8H,9H2,1H3,(H2,16,19). The van der Waals surface area contributed by atoms with E-state index in [1.165, 1.54) is 5.56 Å². The van der Waals surface area contributed by atoms with Crippen molar-refractivity contribution in [2.75, 3.05) is 11.9 Å². The summed E-state index contributed by atoms with van der Waals surface area (Å²) >= 11 is 8.63. The molecular formula is C14H14BrN3S. The van der Waals surface area contributed by atoms with Crippen molar-refractivity contribution in [3.05, 3.63) is 58.3 Å². The van der Waals surface area contributed by atoms with Crippen molar-refractivity contribution in [2.24, 2.45) is 5.73 Å². The van der Waals surface area contributed by atoms with Gasteiger partial charge in [-0.2, -0.15) is 0 Å². The summed E-state index contributed by atoms with van der Waals surface area (Å²) in [6, 6.07) is 9.92. The summed E-state index contributed by atoms with van der Waals surface area (Å²) in [5, 5.41) is 0. The second-order valence-corrected chi connectivity index (χ2v) is 5.50. The first-order valence-corrected chi connectivity index (χ1v) is 6.98. The van der Waals surface area contributed by atoms with Crippen LogP contribution in [0.3, 0.4) is 0 Å². The van der Waals surface area contributed by atoms with E-state index >= 15 is 0 Å². The number of hydrogen-bond donors (Lipinski definition) is 1. The van der Waals surface area contributed by atoms with Gasteiger partial charge in [0.15, 0.2) is 0 Å². The fourth-order valence-corrected chi connectivity index (χ4v) is 2.84. The molecule has 0 spiro atoms. The molecule has 0 atom stereocenters. The van der Waals surface area contributed by atoms with Gasteiger partial charge in [0.25, 0.3) is 0 Å². The maximum Gasteiger partial charge on any atom is 0.107 e. The molecule has 3 nitrogen and oxygen atoms in total. The highest BCUT2D eigenvalue weighted by Gasteiger charge is 2.13. The number of anilines is 1. The van der Waals surface area contributed by atoms with Gasteiger partial charge in [-0.15, -0.1) is 0 Å². The van der Waals surface area contributed by atoms with E-state index in [2.05, 4.69) is 25.8 Å². The number of halogens is 1. The number of nitrogens with two attached hydrogens (primary N) is 1. The Bertz CT molecular complexity index is 586. The van der Waals surface area contributed by atoms with E-state index in [4.69, 9.17) is 18.0 Å². The van der Waals surface area contributed by atoms with Crippen molar-refractivity contribution < 1.29 is 0 Å². The number of hydrogen-bond acceptors (Lipinski definition) is 3. The quantitative estimate of drug-likeness (QED) is 0.871. The van der Waals surface area contributed by atoms with Crippen LogP contribution in [0.1, 0.15) is 11.1 Å². The second-order valence-electron chi connectivity index (χ2n) is 4.21. The van der Waals surface area contributed by atoms with Gasteiger partial charge in [0.2, 0.25) is 0 Å². The van der Waals surface area contributed by atoms with E-state index in [1.54, 1.807) is 12.4 Å². The van der Waals surface area contributed by atoms with Crippen molar-refractivity contribution in [1.29, 1.82) is 0 Å². The topological polar surface area (TPSA) is 42.2 Å². The van der Waals surface area contributed by atoms with Gasteiger partial charge in [-0.3, -0.25) is 4.98 Å². The van der Waals surface area contributed by atoms with E-state index < -0.39 is 0 Å². The molecule has 0 aliphatic heterocycles. The maximum absolute atomic E-state index is 5.81. The number of rotatable bonds is 4. The van der Waals surface area contributed by atoms with Crippen LogP contribution in [0, 0.1) is 0 Å². The number of nitrogens with zero attached hydrogens (tertiary/aromatic N) is 2. The normalized spacial score (nSPS) is 10.2. The minimum Gasteiger partial charge on any atom is -0.389 e. The lowest BCUT2D eigenvalue weighted by Gasteiger charge is -2.23. The monoisotopic (exact) mass is 335 g/mol. The van der Waals surface area contributed by atoms with E-state index in [0.717, 1.165) is 22.3 Å². The van der Waals surface area contributed by atoms with E-state index in [1.807, 2.05) is 37.4 Å². The van der Waals surface area contributed by atoms with Crippen molar-refractivity contribution in [1.82, 2.24) is 4.98 Å². The summed E-state index contributed by atoms with van der Waals surface area (Å²) in [5.74, 6) is 0. The first kappa shape index (κ1) is 14.0. The molecule has 1 aromatic heterocycles. The SMILES string of the molecule is CN(Cc1ccncc1)c1cccc(Br)c1C(N)=S. The fourth-order valence-electron chi connectivity index (χ4n) is 1.92. The Morgan fingerprint density at radius 3 is 2.63 bits per heavy atom. The Morgan fingerprint density at radius 1 is 1.32 bits per heavy atom. The van der Waals surface area contributed by atoms with E-state index in [0.29, 0.717) is 4.99 Å². The van der Waals surface area contributed by atoms with Crippen molar-refractivity contribution in [2.45, 2.75) is 6.54 Å². The summed E-state index contributed by atoms with van der Waals surface area (Å²) in [6.45, 7) is 0.772. The Labute approximate surface area is 126 Å². The van der Waals surface area contributed by atoms with Crippen LogP contribution in [-0.4, -0.2) is 17.0 Å². The van der Waals surface area contributed by atoms with Crippen LogP contribution < -0.4 is 10.6 Å². The Kier molecular flexibility index (Phi) is 4.50. The molecule has 98 valence electrons. The highest BCUT2D eigenvalue weighted by Crippen LogP contribution is 2.28. The number of aromatic nitrogens is 1. The lowest BCUT2D eigenvalue weighted by molar-refractivity contribution is 0.917. The molecule has 5 heteroatoms. The number of pyridine rings is 1. The third kappa shape index (κ3) is 3.30. The molecule has 1 heterocycles. The Balaban J connectivity index is 2.31. The zero-order valence-corrected chi connectivity index (χ0v) is 12.9. The predicted octanol–water partition coefficient (Wildman–Crippen LogP) is 3.11. The van der Waals surface area contributed by atoms with Gasteiger partial charge >= 0.3 is 0 Å². The Hall–Kier alpha value is -1.46. The van der Waals surface area contributed by atoms with Gasteiger partial charge in [0.1, 0.15) is 4.99 Å². The molecule has 0 aliphatic carbocycles. The van der Waals surface area contributed by atoms with Gasteiger partial charge in [-0.05, 0) is 45.8 Å². The predicted molar refractivity (Wildman–Crippen MR) is 86.4 cm³/mol. The summed E-state index contributed by atoms with van der Waals surface area (Å²) in [6.07, 6.45) is 3.58. The van der Waals surface area contributed by atoms with Gasteiger partial charge in [0.05, 0.1) is 0 Å². The van der Waals surface area contributed by atoms with Crippen LogP contribution >= 0.6 is 28.1 Å². The van der Waals surface area contributed by atoms with Gasteiger partial charge < -0.3 is 10.6 Å². The average molecular weight is 336 g/mol. The molecule has 1 aromatic carbocycles. The maximum atomic E-state index is 5.81. The molecule has 0 radical (unpaired) electrons. The molecule has 2 N–H and O–H groups in total. The molecule has 0 bridgehead atoms. The highest BCUT2D eigenvalue weighted by atomic mass is 79.9. The first-order valence-electron chi connectivity index (χ1n) is 5.78. The van der Waals surface area contributed by atoms with Gasteiger partial charge in [0, 0.05) is 41.7 Å². The number of benzene rings is 1. The molecular weight excluding hydrogens is 322 g/mol.